The summed E-state index contributed by atoms with van der Waals surface area (Å²) in [6.45, 7) is 0. The van der Waals surface area contributed by atoms with Crippen LogP contribution in [0.25, 0.3) is 22.2 Å². The lowest BCUT2D eigenvalue weighted by molar-refractivity contribution is 0.1000. The number of nitrogens with two attached hydrogens (primary N) is 1. The lowest BCUT2D eigenvalue weighted by Crippen LogP contribution is -2.13. The number of carbonyl (C=O) groups is 2. The van der Waals surface area contributed by atoms with Crippen molar-refractivity contribution in [3.05, 3.63) is 71.6 Å². The molecule has 0 saturated carbocycles. The van der Waals surface area contributed by atoms with Crippen LogP contribution in [0.2, 0.25) is 0 Å². The maximum Gasteiger partial charge on any atom is 0.248 e. The molecule has 1 amide bonds. The number of primary amides is 1. The van der Waals surface area contributed by atoms with Crippen molar-refractivity contribution >= 4 is 22.7 Å². The predicted molar refractivity (Wildman–Crippen MR) is 96.6 cm³/mol. The minimum Gasteiger partial charge on any atom is -0.366 e. The topological polar surface area (TPSA) is 107 Å². The highest BCUT2D eigenvalue weighted by Gasteiger charge is 2.20. The molecule has 27 heavy (non-hydrogen) atoms. The summed E-state index contributed by atoms with van der Waals surface area (Å²) < 4.78 is 15.9. The van der Waals surface area contributed by atoms with Crippen LogP contribution in [0.5, 0.6) is 0 Å². The van der Waals surface area contributed by atoms with E-state index in [1.807, 2.05) is 6.20 Å². The number of carbonyl (C=O) groups excluding carboxylic acids is 2. The number of nitrogens with one attached hydrogen (secondary N) is 1. The van der Waals surface area contributed by atoms with E-state index in [2.05, 4.69) is 15.1 Å². The number of amides is 1. The van der Waals surface area contributed by atoms with Gasteiger partial charge in [0.25, 0.3) is 0 Å². The second-order valence-corrected chi connectivity index (χ2v) is 6.11. The van der Waals surface area contributed by atoms with E-state index in [4.69, 9.17) is 5.73 Å². The van der Waals surface area contributed by atoms with Gasteiger partial charge in [-0.05, 0) is 24.3 Å². The number of benzene rings is 1. The van der Waals surface area contributed by atoms with Crippen LogP contribution < -0.4 is 5.73 Å². The molecule has 0 atom stereocenters. The monoisotopic (exact) mass is 363 g/mol. The molecule has 3 aromatic heterocycles. The highest BCUT2D eigenvalue weighted by atomic mass is 19.1. The molecule has 0 fully saturated rings. The third-order valence-electron chi connectivity index (χ3n) is 4.31. The van der Waals surface area contributed by atoms with E-state index in [1.165, 1.54) is 12.3 Å². The van der Waals surface area contributed by atoms with E-state index in [9.17, 15) is 14.0 Å². The zero-order valence-electron chi connectivity index (χ0n) is 14.2. The minimum atomic E-state index is -0.733. The van der Waals surface area contributed by atoms with Crippen molar-refractivity contribution in [2.75, 3.05) is 0 Å². The number of aromatic nitrogens is 4. The van der Waals surface area contributed by atoms with Gasteiger partial charge in [0.15, 0.2) is 5.78 Å². The average Bonchev–Trinajstić information content (AvgIpc) is 3.27. The van der Waals surface area contributed by atoms with Gasteiger partial charge in [0.1, 0.15) is 11.5 Å². The Morgan fingerprint density at radius 2 is 1.96 bits per heavy atom. The molecule has 0 saturated heterocycles. The molecule has 0 unspecified atom stereocenters. The van der Waals surface area contributed by atoms with Gasteiger partial charge in [0.05, 0.1) is 11.8 Å². The number of pyridine rings is 1. The van der Waals surface area contributed by atoms with Crippen LogP contribution in [0.15, 0.2) is 49.1 Å². The summed E-state index contributed by atoms with van der Waals surface area (Å²) in [6, 6.07) is 5.25. The van der Waals surface area contributed by atoms with Crippen molar-refractivity contribution in [2.45, 2.75) is 0 Å². The molecule has 3 N–H and O–H groups in total. The molecule has 134 valence electrons. The molecule has 3 heterocycles. The Hall–Kier alpha value is -3.81. The Balaban J connectivity index is 1.83. The number of rotatable bonds is 4. The summed E-state index contributed by atoms with van der Waals surface area (Å²) in [6.07, 6.45) is 6.65. The zero-order valence-corrected chi connectivity index (χ0v) is 14.2. The van der Waals surface area contributed by atoms with E-state index in [-0.39, 0.29) is 16.7 Å². The molecule has 0 spiro atoms. The Morgan fingerprint density at radius 3 is 2.67 bits per heavy atom. The first-order valence-electron chi connectivity index (χ1n) is 8.04. The Labute approximate surface area is 152 Å². The fourth-order valence-corrected chi connectivity index (χ4v) is 2.92. The molecular weight excluding hydrogens is 349 g/mol. The molecular formula is C19H14FN5O2. The lowest BCUT2D eigenvalue weighted by atomic mass is 9.99. The van der Waals surface area contributed by atoms with Crippen molar-refractivity contribution in [1.82, 2.24) is 19.7 Å². The maximum atomic E-state index is 14.2. The van der Waals surface area contributed by atoms with Gasteiger partial charge < -0.3 is 10.7 Å². The van der Waals surface area contributed by atoms with Crippen LogP contribution in [0.3, 0.4) is 0 Å². The summed E-state index contributed by atoms with van der Waals surface area (Å²) in [5, 5.41) is 4.67. The first kappa shape index (κ1) is 16.6. The minimum absolute atomic E-state index is 0.0637. The summed E-state index contributed by atoms with van der Waals surface area (Å²) >= 11 is 0. The quantitative estimate of drug-likeness (QED) is 0.543. The second kappa shape index (κ2) is 6.17. The van der Waals surface area contributed by atoms with Crippen molar-refractivity contribution in [3.8, 4) is 11.1 Å². The molecule has 0 bridgehead atoms. The largest absolute Gasteiger partial charge is 0.366 e. The van der Waals surface area contributed by atoms with E-state index in [0.717, 1.165) is 23.3 Å². The van der Waals surface area contributed by atoms with E-state index in [1.54, 1.807) is 30.2 Å². The number of ketones is 1. The highest BCUT2D eigenvalue weighted by molar-refractivity contribution is 6.17. The number of fused-ring (bicyclic) bond motifs is 1. The smallest absolute Gasteiger partial charge is 0.248 e. The Morgan fingerprint density at radius 1 is 1.15 bits per heavy atom. The van der Waals surface area contributed by atoms with Crippen molar-refractivity contribution in [1.29, 1.82) is 0 Å². The molecule has 8 heteroatoms. The number of H-pyrrole nitrogens is 1. The average molecular weight is 363 g/mol. The van der Waals surface area contributed by atoms with Crippen molar-refractivity contribution in [2.24, 2.45) is 12.8 Å². The predicted octanol–water partition coefficient (Wildman–Crippen LogP) is 2.43. The number of halogens is 1. The van der Waals surface area contributed by atoms with Gasteiger partial charge in [0, 0.05) is 53.3 Å². The molecule has 0 radical (unpaired) electrons. The van der Waals surface area contributed by atoms with Gasteiger partial charge in [-0.25, -0.2) is 9.37 Å². The number of aryl methyl sites for hydroxylation is 1. The lowest BCUT2D eigenvalue weighted by Gasteiger charge is -2.04. The van der Waals surface area contributed by atoms with Gasteiger partial charge in [-0.15, -0.1) is 0 Å². The number of hydrogen-bond donors (Lipinski definition) is 2. The molecule has 4 aromatic rings. The molecule has 1 aromatic carbocycles. The number of nitrogens with zero attached hydrogens (tertiary/aromatic N) is 3. The van der Waals surface area contributed by atoms with E-state index >= 15 is 0 Å². The normalized spacial score (nSPS) is 11.0. The van der Waals surface area contributed by atoms with Crippen LogP contribution in [-0.4, -0.2) is 31.4 Å². The first-order valence-corrected chi connectivity index (χ1v) is 8.04. The third-order valence-corrected chi connectivity index (χ3v) is 4.31. The number of hydrogen-bond acceptors (Lipinski definition) is 4. The van der Waals surface area contributed by atoms with Crippen LogP contribution >= 0.6 is 0 Å². The molecule has 0 aliphatic carbocycles. The van der Waals surface area contributed by atoms with Gasteiger partial charge in [-0.2, -0.15) is 5.10 Å². The fourth-order valence-electron chi connectivity index (χ4n) is 2.92. The van der Waals surface area contributed by atoms with Gasteiger partial charge in [-0.1, -0.05) is 0 Å². The van der Waals surface area contributed by atoms with Gasteiger partial charge in [-0.3, -0.25) is 14.3 Å². The summed E-state index contributed by atoms with van der Waals surface area (Å²) in [5.74, 6) is -2.02. The van der Waals surface area contributed by atoms with E-state index in [0.29, 0.717) is 11.0 Å². The van der Waals surface area contributed by atoms with Crippen LogP contribution in [0.1, 0.15) is 26.3 Å². The summed E-state index contributed by atoms with van der Waals surface area (Å²) in [4.78, 5) is 31.5. The number of aromatic amines is 1. The highest BCUT2D eigenvalue weighted by Crippen LogP contribution is 2.26. The standard InChI is InChI=1S/C19H14FN5O2/c1-25-9-12(7-24-25)11-5-13-15(8-23-19(13)22-6-11)17(26)14-4-10(18(21)27)2-3-16(14)20/h2-9H,1H3,(H2,21,27)(H,22,23). The van der Waals surface area contributed by atoms with Gasteiger partial charge in [0.2, 0.25) is 5.91 Å². The second-order valence-electron chi connectivity index (χ2n) is 6.11. The van der Waals surface area contributed by atoms with Crippen LogP contribution in [0, 0.1) is 5.82 Å². The Bertz CT molecular complexity index is 1210. The van der Waals surface area contributed by atoms with Crippen molar-refractivity contribution < 1.29 is 14.0 Å². The third kappa shape index (κ3) is 2.86. The fraction of sp³-hybridized carbons (Fsp3) is 0.0526. The summed E-state index contributed by atoms with van der Waals surface area (Å²) in [5.41, 5.74) is 7.44. The molecule has 7 nitrogen and oxygen atoms in total. The maximum absolute atomic E-state index is 14.2. The van der Waals surface area contributed by atoms with Crippen LogP contribution in [-0.2, 0) is 7.05 Å². The van der Waals surface area contributed by atoms with Crippen molar-refractivity contribution in [3.63, 3.8) is 0 Å². The zero-order chi connectivity index (χ0) is 19.1. The molecule has 0 aliphatic rings. The molecule has 0 aliphatic heterocycles. The molecule has 4 rings (SSSR count). The van der Waals surface area contributed by atoms with Crippen LogP contribution in [0.4, 0.5) is 4.39 Å². The first-order chi connectivity index (χ1) is 12.9. The van der Waals surface area contributed by atoms with Gasteiger partial charge >= 0.3 is 0 Å². The SMILES string of the molecule is Cn1cc(-c2cnc3[nH]cc(C(=O)c4cc(C(N)=O)ccc4F)c3c2)cn1. The summed E-state index contributed by atoms with van der Waals surface area (Å²) in [7, 11) is 1.80. The van der Waals surface area contributed by atoms with E-state index < -0.39 is 17.5 Å². The Kier molecular flexibility index (Phi) is 3.80.